The summed E-state index contributed by atoms with van der Waals surface area (Å²) < 4.78 is 0. The number of thioether (sulfide) groups is 1. The van der Waals surface area contributed by atoms with Crippen LogP contribution < -0.4 is 0 Å². The maximum absolute atomic E-state index is 10.5. The number of carbonyl (C=O) groups is 1. The molecule has 0 radical (unpaired) electrons. The number of carboxylic acids is 1. The zero-order chi connectivity index (χ0) is 12.1. The van der Waals surface area contributed by atoms with Crippen molar-refractivity contribution in [3.8, 4) is 0 Å². The van der Waals surface area contributed by atoms with Crippen molar-refractivity contribution >= 4 is 29.1 Å². The van der Waals surface area contributed by atoms with Gasteiger partial charge in [0.15, 0.2) is 0 Å². The Balaban J connectivity index is 1.78. The van der Waals surface area contributed by atoms with Crippen LogP contribution in [0.15, 0.2) is 5.38 Å². The van der Waals surface area contributed by atoms with E-state index in [-0.39, 0.29) is 6.42 Å². The van der Waals surface area contributed by atoms with Crippen molar-refractivity contribution in [2.24, 2.45) is 0 Å². The summed E-state index contributed by atoms with van der Waals surface area (Å²) in [6.45, 7) is 0. The molecule has 0 unspecified atom stereocenters. The number of aromatic nitrogens is 1. The van der Waals surface area contributed by atoms with Crippen LogP contribution in [0.25, 0.3) is 0 Å². The number of hydrogen-bond acceptors (Lipinski definition) is 4. The van der Waals surface area contributed by atoms with E-state index in [0.29, 0.717) is 5.69 Å². The van der Waals surface area contributed by atoms with Crippen LogP contribution in [-0.2, 0) is 17.0 Å². The van der Waals surface area contributed by atoms with Crippen LogP contribution in [0.4, 0.5) is 0 Å². The van der Waals surface area contributed by atoms with E-state index in [1.54, 1.807) is 11.3 Å². The van der Waals surface area contributed by atoms with Gasteiger partial charge in [-0.3, -0.25) is 4.79 Å². The molecule has 17 heavy (non-hydrogen) atoms. The van der Waals surface area contributed by atoms with Crippen molar-refractivity contribution in [2.75, 3.05) is 0 Å². The first-order valence-electron chi connectivity index (χ1n) is 6.00. The highest BCUT2D eigenvalue weighted by atomic mass is 32.2. The lowest BCUT2D eigenvalue weighted by Crippen LogP contribution is -2.08. The Labute approximate surface area is 110 Å². The highest BCUT2D eigenvalue weighted by Gasteiger charge is 2.14. The lowest BCUT2D eigenvalue weighted by Gasteiger charge is -2.20. The second-order valence-electron chi connectivity index (χ2n) is 4.37. The van der Waals surface area contributed by atoms with Gasteiger partial charge in [-0.05, 0) is 12.8 Å². The molecular formula is C12H17NO2S2. The molecule has 0 aliphatic heterocycles. The fourth-order valence-electron chi connectivity index (χ4n) is 2.07. The Morgan fingerprint density at radius 2 is 2.24 bits per heavy atom. The molecular weight excluding hydrogens is 254 g/mol. The van der Waals surface area contributed by atoms with E-state index in [1.165, 1.54) is 32.1 Å². The molecule has 0 saturated heterocycles. The quantitative estimate of drug-likeness (QED) is 0.892. The first-order valence-corrected chi connectivity index (χ1v) is 7.93. The van der Waals surface area contributed by atoms with Gasteiger partial charge in [0, 0.05) is 16.4 Å². The largest absolute Gasteiger partial charge is 0.481 e. The Morgan fingerprint density at radius 3 is 2.94 bits per heavy atom. The molecule has 2 rings (SSSR count). The van der Waals surface area contributed by atoms with Crippen molar-refractivity contribution in [3.63, 3.8) is 0 Å². The zero-order valence-corrected chi connectivity index (χ0v) is 11.4. The van der Waals surface area contributed by atoms with Gasteiger partial charge in [-0.2, -0.15) is 11.8 Å². The van der Waals surface area contributed by atoms with E-state index >= 15 is 0 Å². The Hall–Kier alpha value is -0.550. The minimum atomic E-state index is -0.804. The Kier molecular flexibility index (Phi) is 4.86. The molecule has 5 heteroatoms. The van der Waals surface area contributed by atoms with Crippen LogP contribution in [0, 0.1) is 0 Å². The van der Waals surface area contributed by atoms with E-state index in [4.69, 9.17) is 5.11 Å². The van der Waals surface area contributed by atoms with E-state index < -0.39 is 5.97 Å². The molecule has 0 atom stereocenters. The summed E-state index contributed by atoms with van der Waals surface area (Å²) in [5.41, 5.74) is 0.696. The SMILES string of the molecule is O=C(O)Cc1csc(CSC2CCCCC2)n1. The van der Waals surface area contributed by atoms with Crippen LogP contribution in [0.5, 0.6) is 0 Å². The molecule has 1 saturated carbocycles. The molecule has 1 N–H and O–H groups in total. The maximum atomic E-state index is 10.5. The summed E-state index contributed by atoms with van der Waals surface area (Å²) in [6, 6.07) is 0. The minimum Gasteiger partial charge on any atom is -0.481 e. The van der Waals surface area contributed by atoms with Gasteiger partial charge in [-0.1, -0.05) is 19.3 Å². The van der Waals surface area contributed by atoms with Crippen LogP contribution in [0.3, 0.4) is 0 Å². The molecule has 1 fully saturated rings. The van der Waals surface area contributed by atoms with Gasteiger partial charge in [0.05, 0.1) is 12.1 Å². The van der Waals surface area contributed by atoms with Crippen molar-refractivity contribution in [1.29, 1.82) is 0 Å². The number of nitrogens with zero attached hydrogens (tertiary/aromatic N) is 1. The van der Waals surface area contributed by atoms with Crippen LogP contribution >= 0.6 is 23.1 Å². The van der Waals surface area contributed by atoms with Gasteiger partial charge < -0.3 is 5.11 Å². The topological polar surface area (TPSA) is 50.2 Å². The Morgan fingerprint density at radius 1 is 1.47 bits per heavy atom. The van der Waals surface area contributed by atoms with E-state index in [1.807, 2.05) is 17.1 Å². The van der Waals surface area contributed by atoms with Gasteiger partial charge in [0.1, 0.15) is 5.01 Å². The summed E-state index contributed by atoms with van der Waals surface area (Å²) >= 11 is 3.57. The van der Waals surface area contributed by atoms with E-state index in [9.17, 15) is 4.79 Å². The second-order valence-corrected chi connectivity index (χ2v) is 6.61. The number of aliphatic carboxylic acids is 1. The molecule has 0 aromatic carbocycles. The standard InChI is InChI=1S/C12H17NO2S2/c14-12(15)6-9-7-17-11(13-9)8-16-10-4-2-1-3-5-10/h7,10H,1-6,8H2,(H,14,15). The fourth-order valence-corrected chi connectivity index (χ4v) is 4.24. The van der Waals surface area contributed by atoms with Gasteiger partial charge in [-0.15, -0.1) is 11.3 Å². The van der Waals surface area contributed by atoms with Crippen molar-refractivity contribution in [2.45, 2.75) is 49.5 Å². The predicted octanol–water partition coefficient (Wildman–Crippen LogP) is 3.34. The third-order valence-electron chi connectivity index (χ3n) is 2.93. The third kappa shape index (κ3) is 4.32. The molecule has 1 heterocycles. The molecule has 0 amide bonds. The smallest absolute Gasteiger partial charge is 0.309 e. The van der Waals surface area contributed by atoms with Gasteiger partial charge in [-0.25, -0.2) is 4.98 Å². The van der Waals surface area contributed by atoms with Crippen LogP contribution in [-0.4, -0.2) is 21.3 Å². The van der Waals surface area contributed by atoms with Gasteiger partial charge in [0.2, 0.25) is 0 Å². The minimum absolute atomic E-state index is 0.0462. The fraction of sp³-hybridized carbons (Fsp3) is 0.667. The molecule has 94 valence electrons. The average Bonchev–Trinajstić information content (AvgIpc) is 2.75. The number of rotatable bonds is 5. The summed E-state index contributed by atoms with van der Waals surface area (Å²) in [4.78, 5) is 14.9. The number of hydrogen-bond donors (Lipinski definition) is 1. The predicted molar refractivity (Wildman–Crippen MR) is 71.6 cm³/mol. The first kappa shape index (κ1) is 12.9. The second kappa shape index (κ2) is 6.40. The van der Waals surface area contributed by atoms with Crippen molar-refractivity contribution < 1.29 is 9.90 Å². The molecule has 0 spiro atoms. The van der Waals surface area contributed by atoms with Gasteiger partial charge in [0.25, 0.3) is 0 Å². The Bertz CT molecular complexity index is 372. The van der Waals surface area contributed by atoms with Crippen LogP contribution in [0.1, 0.15) is 42.8 Å². The van der Waals surface area contributed by atoms with Crippen LogP contribution in [0.2, 0.25) is 0 Å². The number of thiazole rings is 1. The lowest BCUT2D eigenvalue weighted by atomic mass is 10.0. The highest BCUT2D eigenvalue weighted by molar-refractivity contribution is 7.99. The normalized spacial score (nSPS) is 17.2. The first-order chi connectivity index (χ1) is 8.24. The zero-order valence-electron chi connectivity index (χ0n) is 9.72. The van der Waals surface area contributed by atoms with Crippen molar-refractivity contribution in [3.05, 3.63) is 16.1 Å². The summed E-state index contributed by atoms with van der Waals surface area (Å²) in [5, 5.41) is 12.4. The van der Waals surface area contributed by atoms with Gasteiger partial charge >= 0.3 is 5.97 Å². The molecule has 1 aromatic rings. The number of carboxylic acid groups (broad SMARTS) is 1. The molecule has 1 aliphatic carbocycles. The van der Waals surface area contributed by atoms with Crippen molar-refractivity contribution in [1.82, 2.24) is 4.98 Å². The summed E-state index contributed by atoms with van der Waals surface area (Å²) in [6.07, 6.45) is 6.82. The highest BCUT2D eigenvalue weighted by Crippen LogP contribution is 2.31. The van der Waals surface area contributed by atoms with E-state index in [2.05, 4.69) is 4.98 Å². The summed E-state index contributed by atoms with van der Waals surface area (Å²) in [5.74, 6) is 0.136. The molecule has 1 aromatic heterocycles. The molecule has 0 bridgehead atoms. The summed E-state index contributed by atoms with van der Waals surface area (Å²) in [7, 11) is 0. The molecule has 3 nitrogen and oxygen atoms in total. The van der Waals surface area contributed by atoms with E-state index in [0.717, 1.165) is 16.0 Å². The third-order valence-corrected chi connectivity index (χ3v) is 5.39. The lowest BCUT2D eigenvalue weighted by molar-refractivity contribution is -0.136. The monoisotopic (exact) mass is 271 g/mol. The maximum Gasteiger partial charge on any atom is 0.309 e. The molecule has 1 aliphatic rings. The average molecular weight is 271 g/mol.